The summed E-state index contributed by atoms with van der Waals surface area (Å²) in [5.74, 6) is -2.13. The van der Waals surface area contributed by atoms with Crippen LogP contribution in [0.5, 0.6) is 0 Å². The van der Waals surface area contributed by atoms with E-state index in [-0.39, 0.29) is 25.7 Å². The number of unbranched alkanes of at least 4 members (excludes halogenated alkanes) is 43. The SMILES string of the molecule is CCCCCCCCCCCCCCCCCCCCCCC(=O)O[C@H](COC(=O)CCCCCCCCCCCC)COP(=O)(O)OC[C@@H](O)COP(=O)(O)OC[C@@H](COC(=O)CCCCCCCCCC)OC(=O)CCCCCCCCCCC. The number of hydrogen-bond donors (Lipinski definition) is 3. The first-order valence-corrected chi connectivity index (χ1v) is 38.8. The highest BCUT2D eigenvalue weighted by Gasteiger charge is 2.30. The fourth-order valence-electron chi connectivity index (χ4n) is 10.3. The molecule has 0 aromatic carbocycles. The first-order chi connectivity index (χ1) is 42.2. The lowest BCUT2D eigenvalue weighted by Gasteiger charge is -2.21. The zero-order valence-corrected chi connectivity index (χ0v) is 57.8. The quantitative estimate of drug-likeness (QED) is 0.0222. The number of phosphoric acid groups is 2. The van der Waals surface area contributed by atoms with Crippen LogP contribution < -0.4 is 0 Å². The summed E-state index contributed by atoms with van der Waals surface area (Å²) in [5, 5.41) is 10.5. The molecule has 0 saturated carbocycles. The number of rotatable bonds is 69. The number of carbonyl (C=O) groups excluding carboxylic acids is 4. The van der Waals surface area contributed by atoms with Gasteiger partial charge in [0.15, 0.2) is 12.2 Å². The summed E-state index contributed by atoms with van der Waals surface area (Å²) < 4.78 is 68.0. The van der Waals surface area contributed by atoms with Gasteiger partial charge in [0.25, 0.3) is 0 Å². The Labute approximate surface area is 530 Å². The summed E-state index contributed by atoms with van der Waals surface area (Å²) in [6.45, 7) is 4.87. The fraction of sp³-hybridized carbons (Fsp3) is 0.941. The van der Waals surface area contributed by atoms with Crippen molar-refractivity contribution in [3.05, 3.63) is 0 Å². The van der Waals surface area contributed by atoms with Crippen LogP contribution in [0.4, 0.5) is 0 Å². The maximum absolute atomic E-state index is 13.0. The molecule has 0 radical (unpaired) electrons. The Kier molecular flexibility index (Phi) is 61.4. The monoisotopic (exact) mass is 1280 g/mol. The van der Waals surface area contributed by atoms with Gasteiger partial charge in [-0.15, -0.1) is 0 Å². The summed E-state index contributed by atoms with van der Waals surface area (Å²) in [6, 6.07) is 0. The largest absolute Gasteiger partial charge is 0.472 e. The molecule has 0 amide bonds. The van der Waals surface area contributed by atoms with E-state index in [0.717, 1.165) is 96.3 Å². The third-order valence-electron chi connectivity index (χ3n) is 15.9. The molecule has 0 aromatic rings. The van der Waals surface area contributed by atoms with Crippen LogP contribution >= 0.6 is 15.6 Å². The van der Waals surface area contributed by atoms with E-state index >= 15 is 0 Å². The van der Waals surface area contributed by atoms with Crippen LogP contribution in [0.15, 0.2) is 0 Å². The van der Waals surface area contributed by atoms with Gasteiger partial charge in [-0.05, 0) is 25.7 Å². The maximum Gasteiger partial charge on any atom is 0.472 e. The van der Waals surface area contributed by atoms with Crippen LogP contribution in [0.2, 0.25) is 0 Å². The Bertz CT molecular complexity index is 1670. The summed E-state index contributed by atoms with van der Waals surface area (Å²) in [7, 11) is -9.88. The highest BCUT2D eigenvalue weighted by Crippen LogP contribution is 2.45. The van der Waals surface area contributed by atoms with Crippen molar-refractivity contribution in [3.8, 4) is 0 Å². The summed E-state index contributed by atoms with van der Waals surface area (Å²) in [5.41, 5.74) is 0. The molecule has 19 heteroatoms. The average molecular weight is 1280 g/mol. The van der Waals surface area contributed by atoms with Crippen molar-refractivity contribution >= 4 is 39.5 Å². The molecule has 0 saturated heterocycles. The van der Waals surface area contributed by atoms with Gasteiger partial charge in [-0.25, -0.2) is 9.13 Å². The molecule has 0 spiro atoms. The normalized spacial score (nSPS) is 14.1. The van der Waals surface area contributed by atoms with Gasteiger partial charge in [0.1, 0.15) is 19.3 Å². The molecule has 0 bridgehead atoms. The van der Waals surface area contributed by atoms with Crippen molar-refractivity contribution < 1.29 is 80.2 Å². The van der Waals surface area contributed by atoms with Crippen molar-refractivity contribution in [1.29, 1.82) is 0 Å². The number of aliphatic hydroxyl groups excluding tert-OH is 1. The maximum atomic E-state index is 13.0. The minimum absolute atomic E-state index is 0.106. The van der Waals surface area contributed by atoms with Gasteiger partial charge in [-0.3, -0.25) is 37.3 Å². The Morgan fingerprint density at radius 1 is 0.276 bits per heavy atom. The lowest BCUT2D eigenvalue weighted by Crippen LogP contribution is -2.30. The molecule has 0 rings (SSSR count). The molecule has 0 aliphatic heterocycles. The number of phosphoric ester groups is 2. The van der Waals surface area contributed by atoms with Crippen molar-refractivity contribution in [2.45, 2.75) is 373 Å². The van der Waals surface area contributed by atoms with E-state index in [2.05, 4.69) is 27.7 Å². The predicted molar refractivity (Wildman–Crippen MR) is 349 cm³/mol. The molecule has 2 unspecified atom stereocenters. The smallest absolute Gasteiger partial charge is 0.462 e. The second-order valence-corrected chi connectivity index (χ2v) is 27.5. The first-order valence-electron chi connectivity index (χ1n) is 35.8. The van der Waals surface area contributed by atoms with Crippen molar-refractivity contribution in [2.75, 3.05) is 39.6 Å². The molecule has 0 aromatic heterocycles. The molecule has 0 aliphatic rings. The molecule has 5 atom stereocenters. The number of aliphatic hydroxyl groups is 1. The Balaban J connectivity index is 5.12. The number of ether oxygens (including phenoxy) is 4. The lowest BCUT2D eigenvalue weighted by molar-refractivity contribution is -0.161. The van der Waals surface area contributed by atoms with Crippen molar-refractivity contribution in [1.82, 2.24) is 0 Å². The van der Waals surface area contributed by atoms with Crippen LogP contribution in [0, 0.1) is 0 Å². The van der Waals surface area contributed by atoms with E-state index in [0.29, 0.717) is 25.7 Å². The molecular weight excluding hydrogens is 1150 g/mol. The Hall–Kier alpha value is -1.94. The zero-order valence-electron chi connectivity index (χ0n) is 56.0. The van der Waals surface area contributed by atoms with Crippen molar-refractivity contribution in [2.24, 2.45) is 0 Å². The Morgan fingerprint density at radius 3 is 0.678 bits per heavy atom. The molecule has 17 nitrogen and oxygen atoms in total. The van der Waals surface area contributed by atoms with Crippen LogP contribution in [0.25, 0.3) is 0 Å². The third kappa shape index (κ3) is 62.6. The van der Waals surface area contributed by atoms with Gasteiger partial charge in [0, 0.05) is 25.7 Å². The van der Waals surface area contributed by atoms with Crippen LogP contribution in [0.1, 0.15) is 355 Å². The van der Waals surface area contributed by atoms with Gasteiger partial charge in [-0.1, -0.05) is 304 Å². The van der Waals surface area contributed by atoms with Gasteiger partial charge in [0.2, 0.25) is 0 Å². The molecule has 0 aliphatic carbocycles. The number of hydrogen-bond acceptors (Lipinski definition) is 15. The lowest BCUT2D eigenvalue weighted by atomic mass is 10.0. The first kappa shape index (κ1) is 85.1. The van der Waals surface area contributed by atoms with Gasteiger partial charge >= 0.3 is 39.5 Å². The van der Waals surface area contributed by atoms with Gasteiger partial charge in [0.05, 0.1) is 26.4 Å². The fourth-order valence-corrected chi connectivity index (χ4v) is 11.9. The van der Waals surface area contributed by atoms with Crippen LogP contribution in [-0.2, 0) is 65.4 Å². The van der Waals surface area contributed by atoms with Gasteiger partial charge < -0.3 is 33.8 Å². The second-order valence-electron chi connectivity index (χ2n) is 24.6. The highest BCUT2D eigenvalue weighted by molar-refractivity contribution is 7.47. The van der Waals surface area contributed by atoms with E-state index in [1.165, 1.54) is 180 Å². The third-order valence-corrected chi connectivity index (χ3v) is 17.8. The second kappa shape index (κ2) is 62.8. The minimum atomic E-state index is -4.95. The molecule has 0 fully saturated rings. The predicted octanol–water partition coefficient (Wildman–Crippen LogP) is 19.5. The van der Waals surface area contributed by atoms with Crippen LogP contribution in [0.3, 0.4) is 0 Å². The Morgan fingerprint density at radius 2 is 0.460 bits per heavy atom. The molecule has 0 heterocycles. The van der Waals surface area contributed by atoms with Gasteiger partial charge in [-0.2, -0.15) is 0 Å². The summed E-state index contributed by atoms with van der Waals surface area (Å²) in [6.07, 6.45) is 50.1. The van der Waals surface area contributed by atoms with Crippen LogP contribution in [-0.4, -0.2) is 96.7 Å². The zero-order chi connectivity index (χ0) is 64.0. The standard InChI is InChI=1S/C68H132O17P2/c1-5-9-13-17-21-25-27-28-29-30-31-32-33-34-35-36-39-43-47-51-55-68(73)85-64(59-79-66(71)53-49-45-41-38-26-22-18-14-10-6-2)61-83-87(76,77)81-57-62(69)56-80-86(74,75)82-60-63(58-78-65(70)52-48-44-40-24-20-16-12-8-4)84-67(72)54-50-46-42-37-23-19-15-11-7-3/h62-64,69H,5-61H2,1-4H3,(H,74,75)(H,76,77)/t62-,63+,64+/m0/s1. The molecule has 3 N–H and O–H groups in total. The highest BCUT2D eigenvalue weighted by atomic mass is 31.2. The number of carbonyl (C=O) groups is 4. The molecular formula is C68H132O17P2. The number of esters is 4. The van der Waals surface area contributed by atoms with E-state index in [1.54, 1.807) is 0 Å². The average Bonchev–Trinajstić information content (AvgIpc) is 3.71. The topological polar surface area (TPSA) is 237 Å². The van der Waals surface area contributed by atoms with E-state index in [1.807, 2.05) is 0 Å². The summed E-state index contributed by atoms with van der Waals surface area (Å²) in [4.78, 5) is 72.2. The molecule has 87 heavy (non-hydrogen) atoms. The minimum Gasteiger partial charge on any atom is -0.462 e. The molecule has 516 valence electrons. The summed E-state index contributed by atoms with van der Waals surface area (Å²) >= 11 is 0. The van der Waals surface area contributed by atoms with E-state index < -0.39 is 97.5 Å². The van der Waals surface area contributed by atoms with E-state index in [4.69, 9.17) is 37.0 Å². The van der Waals surface area contributed by atoms with Crippen molar-refractivity contribution in [3.63, 3.8) is 0 Å². The van der Waals surface area contributed by atoms with E-state index in [9.17, 15) is 43.2 Å².